The Balaban J connectivity index is 1.50. The molecular weight excluding hydrogens is 370 g/mol. The van der Waals surface area contributed by atoms with Crippen LogP contribution in [0.15, 0.2) is 22.7 Å². The van der Waals surface area contributed by atoms with E-state index in [0.29, 0.717) is 18.1 Å². The number of rotatable bonds is 7. The van der Waals surface area contributed by atoms with Crippen molar-refractivity contribution in [2.75, 3.05) is 13.2 Å². The Morgan fingerprint density at radius 1 is 1.42 bits per heavy atom. The Morgan fingerprint density at radius 3 is 2.92 bits per heavy atom. The van der Waals surface area contributed by atoms with Crippen molar-refractivity contribution in [3.8, 4) is 5.75 Å². The van der Waals surface area contributed by atoms with E-state index in [2.05, 4.69) is 28.2 Å². The fourth-order valence-electron chi connectivity index (χ4n) is 4.46. The first-order valence-corrected chi connectivity index (χ1v) is 9.67. The van der Waals surface area contributed by atoms with E-state index in [9.17, 15) is 4.79 Å². The van der Waals surface area contributed by atoms with Gasteiger partial charge in [0.15, 0.2) is 6.61 Å². The maximum Gasteiger partial charge on any atom is 0.258 e. The molecule has 0 aliphatic heterocycles. The second-order valence-electron chi connectivity index (χ2n) is 7.21. The highest BCUT2D eigenvalue weighted by molar-refractivity contribution is 9.10. The third kappa shape index (κ3) is 4.12. The molecule has 4 atom stereocenters. The Labute approximate surface area is 152 Å². The molecule has 1 aromatic carbocycles. The van der Waals surface area contributed by atoms with E-state index in [1.807, 2.05) is 18.2 Å². The molecule has 24 heavy (non-hydrogen) atoms. The van der Waals surface area contributed by atoms with E-state index >= 15 is 0 Å². The lowest BCUT2D eigenvalue weighted by Crippen LogP contribution is -2.42. The zero-order chi connectivity index (χ0) is 17.1. The monoisotopic (exact) mass is 395 g/mol. The Morgan fingerprint density at radius 2 is 2.25 bits per heavy atom. The van der Waals surface area contributed by atoms with Crippen LogP contribution in [0.2, 0.25) is 0 Å². The molecule has 0 saturated heterocycles. The summed E-state index contributed by atoms with van der Waals surface area (Å²) in [5.74, 6) is 2.91. The number of aliphatic hydroxyl groups is 1. The molecule has 2 fully saturated rings. The molecule has 1 aromatic rings. The first-order valence-electron chi connectivity index (χ1n) is 8.88. The van der Waals surface area contributed by atoms with Gasteiger partial charge >= 0.3 is 0 Å². The smallest absolute Gasteiger partial charge is 0.258 e. The van der Waals surface area contributed by atoms with Crippen LogP contribution in [-0.2, 0) is 11.2 Å². The fraction of sp³-hybridized carbons (Fsp3) is 0.632. The number of carbonyl (C=O) groups excluding carboxylic acids is 1. The number of aliphatic hydroxyl groups excluding tert-OH is 1. The second kappa shape index (κ2) is 7.87. The van der Waals surface area contributed by atoms with Crippen molar-refractivity contribution >= 4 is 21.8 Å². The number of benzene rings is 1. The van der Waals surface area contributed by atoms with Crippen LogP contribution in [0.1, 0.15) is 38.2 Å². The standard InChI is InChI=1S/C19H26BrNO3/c1-12(17-9-13-2-3-14(17)8-13)21-19(23)11-24-18-5-4-16(20)10-15(18)6-7-22/h4-5,10,12-14,17,22H,2-3,6-9,11H2,1H3,(H,21,23)/t12-,13-,14-,17-/m0/s1. The van der Waals surface area contributed by atoms with E-state index in [1.165, 1.54) is 25.7 Å². The SMILES string of the molecule is C[C@H](NC(=O)COc1ccc(Br)cc1CCO)[C@@H]1C[C@H]2CC[C@H]1C2. The van der Waals surface area contributed by atoms with Gasteiger partial charge in [-0.1, -0.05) is 22.4 Å². The van der Waals surface area contributed by atoms with Gasteiger partial charge in [-0.3, -0.25) is 4.79 Å². The van der Waals surface area contributed by atoms with Gasteiger partial charge in [0.1, 0.15) is 5.75 Å². The van der Waals surface area contributed by atoms with Gasteiger partial charge in [-0.2, -0.15) is 0 Å². The van der Waals surface area contributed by atoms with Crippen molar-refractivity contribution in [1.29, 1.82) is 0 Å². The highest BCUT2D eigenvalue weighted by Crippen LogP contribution is 2.49. The van der Waals surface area contributed by atoms with E-state index in [4.69, 9.17) is 9.84 Å². The van der Waals surface area contributed by atoms with Gasteiger partial charge in [-0.05, 0) is 74.1 Å². The molecule has 2 N–H and O–H groups in total. The number of nitrogens with one attached hydrogen (secondary N) is 1. The van der Waals surface area contributed by atoms with Gasteiger partial charge in [-0.25, -0.2) is 0 Å². The van der Waals surface area contributed by atoms with Crippen molar-refractivity contribution in [2.24, 2.45) is 17.8 Å². The molecule has 0 heterocycles. The predicted octanol–water partition coefficient (Wildman–Crippen LogP) is 3.30. The lowest BCUT2D eigenvalue weighted by atomic mass is 9.84. The van der Waals surface area contributed by atoms with Crippen LogP contribution in [0.3, 0.4) is 0 Å². The topological polar surface area (TPSA) is 58.6 Å². The largest absolute Gasteiger partial charge is 0.483 e. The molecule has 0 radical (unpaired) electrons. The lowest BCUT2D eigenvalue weighted by Gasteiger charge is -2.28. The maximum atomic E-state index is 12.2. The number of hydrogen-bond donors (Lipinski definition) is 2. The van der Waals surface area contributed by atoms with Crippen molar-refractivity contribution in [3.63, 3.8) is 0 Å². The first-order chi connectivity index (χ1) is 11.6. The molecule has 2 aliphatic rings. The summed E-state index contributed by atoms with van der Waals surface area (Å²) in [7, 11) is 0. The summed E-state index contributed by atoms with van der Waals surface area (Å²) in [5, 5.41) is 12.3. The molecule has 3 rings (SSSR count). The van der Waals surface area contributed by atoms with Crippen LogP contribution in [-0.4, -0.2) is 30.3 Å². The highest BCUT2D eigenvalue weighted by Gasteiger charge is 2.42. The Bertz CT molecular complexity index is 592. The number of halogens is 1. The van der Waals surface area contributed by atoms with Gasteiger partial charge in [0.2, 0.25) is 0 Å². The zero-order valence-corrected chi connectivity index (χ0v) is 15.7. The third-order valence-corrected chi connectivity index (χ3v) is 6.08. The molecule has 2 bridgehead atoms. The van der Waals surface area contributed by atoms with Gasteiger partial charge in [0, 0.05) is 17.1 Å². The van der Waals surface area contributed by atoms with Crippen LogP contribution in [0.4, 0.5) is 0 Å². The minimum Gasteiger partial charge on any atom is -0.483 e. The summed E-state index contributed by atoms with van der Waals surface area (Å²) in [4.78, 5) is 12.2. The molecular formula is C19H26BrNO3. The number of ether oxygens (including phenoxy) is 1. The van der Waals surface area contributed by atoms with Gasteiger partial charge in [0.05, 0.1) is 0 Å². The summed E-state index contributed by atoms with van der Waals surface area (Å²) in [6, 6.07) is 5.85. The van der Waals surface area contributed by atoms with Gasteiger partial charge in [0.25, 0.3) is 5.91 Å². The van der Waals surface area contributed by atoms with Crippen LogP contribution < -0.4 is 10.1 Å². The summed E-state index contributed by atoms with van der Waals surface area (Å²) < 4.78 is 6.63. The van der Waals surface area contributed by atoms with Crippen molar-refractivity contribution in [2.45, 2.75) is 45.1 Å². The molecule has 2 saturated carbocycles. The normalized spacial score (nSPS) is 26.4. The molecule has 0 unspecified atom stereocenters. The van der Waals surface area contributed by atoms with E-state index in [1.54, 1.807) is 0 Å². The Hall–Kier alpha value is -1.07. The first kappa shape index (κ1) is 17.7. The lowest BCUT2D eigenvalue weighted by molar-refractivity contribution is -0.124. The summed E-state index contributed by atoms with van der Waals surface area (Å²) in [6.07, 6.45) is 5.83. The maximum absolute atomic E-state index is 12.2. The molecule has 5 heteroatoms. The third-order valence-electron chi connectivity index (χ3n) is 5.59. The van der Waals surface area contributed by atoms with Crippen LogP contribution >= 0.6 is 15.9 Å². The summed E-state index contributed by atoms with van der Waals surface area (Å²) in [5.41, 5.74) is 0.904. The number of fused-ring (bicyclic) bond motifs is 2. The highest BCUT2D eigenvalue weighted by atomic mass is 79.9. The van der Waals surface area contributed by atoms with Crippen LogP contribution in [0.25, 0.3) is 0 Å². The van der Waals surface area contributed by atoms with Crippen molar-refractivity contribution < 1.29 is 14.6 Å². The zero-order valence-electron chi connectivity index (χ0n) is 14.1. The van der Waals surface area contributed by atoms with Crippen molar-refractivity contribution in [1.82, 2.24) is 5.32 Å². The quantitative estimate of drug-likeness (QED) is 0.744. The van der Waals surface area contributed by atoms with Crippen LogP contribution in [0.5, 0.6) is 5.75 Å². The molecule has 0 aromatic heterocycles. The number of amides is 1. The van der Waals surface area contributed by atoms with Gasteiger partial charge < -0.3 is 15.2 Å². The molecule has 0 spiro atoms. The molecule has 4 nitrogen and oxygen atoms in total. The van der Waals surface area contributed by atoms with E-state index in [-0.39, 0.29) is 25.2 Å². The minimum atomic E-state index is -0.0665. The van der Waals surface area contributed by atoms with Gasteiger partial charge in [-0.15, -0.1) is 0 Å². The average Bonchev–Trinajstić information content (AvgIpc) is 3.17. The average molecular weight is 396 g/mol. The minimum absolute atomic E-state index is 0.0191. The Kier molecular flexibility index (Phi) is 5.82. The van der Waals surface area contributed by atoms with E-state index < -0.39 is 0 Å². The number of carbonyl (C=O) groups is 1. The predicted molar refractivity (Wildman–Crippen MR) is 97.0 cm³/mol. The second-order valence-corrected chi connectivity index (χ2v) is 8.12. The summed E-state index contributed by atoms with van der Waals surface area (Å²) >= 11 is 3.42. The molecule has 1 amide bonds. The number of hydrogen-bond acceptors (Lipinski definition) is 3. The van der Waals surface area contributed by atoms with E-state index in [0.717, 1.165) is 21.9 Å². The fourth-order valence-corrected chi connectivity index (χ4v) is 4.87. The molecule has 132 valence electrons. The van der Waals surface area contributed by atoms with Crippen LogP contribution in [0, 0.1) is 17.8 Å². The summed E-state index contributed by atoms with van der Waals surface area (Å²) in [6.45, 7) is 2.20. The van der Waals surface area contributed by atoms with Crippen molar-refractivity contribution in [3.05, 3.63) is 28.2 Å². The molecule has 2 aliphatic carbocycles.